The van der Waals surface area contributed by atoms with Gasteiger partial charge in [-0.3, -0.25) is 37.3 Å². The van der Waals surface area contributed by atoms with E-state index in [-0.39, 0.29) is 25.7 Å². The third-order valence-corrected chi connectivity index (χ3v) is 23.3. The molecule has 0 aromatic rings. The summed E-state index contributed by atoms with van der Waals surface area (Å²) in [6.45, 7) is 14.4. The molecule has 0 aromatic heterocycles. The summed E-state index contributed by atoms with van der Waals surface area (Å²) >= 11 is 0. The molecular formula is C87H170O17P2. The maximum atomic E-state index is 13.1. The van der Waals surface area contributed by atoms with Crippen LogP contribution in [-0.4, -0.2) is 96.7 Å². The molecule has 0 fully saturated rings. The Hall–Kier alpha value is -1.94. The molecule has 106 heavy (non-hydrogen) atoms. The van der Waals surface area contributed by atoms with E-state index in [1.807, 2.05) is 0 Å². The summed E-state index contributed by atoms with van der Waals surface area (Å²) in [5, 5.41) is 10.7. The first-order valence-corrected chi connectivity index (χ1v) is 47.8. The lowest BCUT2D eigenvalue weighted by Crippen LogP contribution is -2.30. The van der Waals surface area contributed by atoms with E-state index in [2.05, 4.69) is 55.4 Å². The standard InChI is InChI=1S/C87H170O17P2/c1-9-78(6)64-56-48-40-32-28-24-20-16-12-14-18-22-26-30-34-43-51-59-67-84(89)97-73-82(104-87(92)70-62-54-45-37-36-42-50-58-66-80(8)11-3)75-101-105(93,94)99-71-81(88)72-100-106(95,96)102-76-83(74-98-85(90)68-60-52-46-38-39-47-55-63-77(4)5)103-86(91)69-61-53-44-35-31-27-23-19-15-13-17-21-25-29-33-41-49-57-65-79(7)10-2/h77-83,88H,9-76H2,1-8H3,(H,93,94)(H,95,96)/t78?,79?,80?,81?,82-,83-/m1/s1. The highest BCUT2D eigenvalue weighted by molar-refractivity contribution is 7.47. The number of aliphatic hydroxyl groups is 1. The molecule has 0 radical (unpaired) electrons. The van der Waals surface area contributed by atoms with Crippen LogP contribution in [0.25, 0.3) is 0 Å². The van der Waals surface area contributed by atoms with Gasteiger partial charge in [-0.05, 0) is 49.4 Å². The van der Waals surface area contributed by atoms with Crippen LogP contribution in [0.2, 0.25) is 0 Å². The SMILES string of the molecule is CCC(C)CCCCCCCCCCCCCCCCCCCCC(=O)OC[C@H](COP(=O)(O)OCC(O)COP(=O)(O)OC[C@@H](COC(=O)CCCCCCCCCC(C)C)OC(=O)CCCCCCCCCCCCCCCCCCCCC(C)CC)OC(=O)CCCCCCCCCCC(C)CC. The molecule has 3 N–H and O–H groups in total. The maximum Gasteiger partial charge on any atom is 0.472 e. The summed E-state index contributed by atoms with van der Waals surface area (Å²) < 4.78 is 68.8. The Morgan fingerprint density at radius 1 is 0.264 bits per heavy atom. The Bertz CT molecular complexity index is 2060. The zero-order chi connectivity index (χ0) is 78.1. The van der Waals surface area contributed by atoms with Gasteiger partial charge in [-0.1, -0.05) is 402 Å². The van der Waals surface area contributed by atoms with Crippen LogP contribution in [0.4, 0.5) is 0 Å². The number of unbranched alkanes of at least 4 members (excludes halogenated alkanes) is 47. The summed E-state index contributed by atoms with van der Waals surface area (Å²) in [5.41, 5.74) is 0. The monoisotopic (exact) mass is 1550 g/mol. The molecule has 0 heterocycles. The molecule has 0 spiro atoms. The topological polar surface area (TPSA) is 237 Å². The number of carbonyl (C=O) groups excluding carboxylic acids is 4. The van der Waals surface area contributed by atoms with E-state index in [9.17, 15) is 43.2 Å². The minimum Gasteiger partial charge on any atom is -0.462 e. The highest BCUT2D eigenvalue weighted by Crippen LogP contribution is 2.45. The molecule has 630 valence electrons. The van der Waals surface area contributed by atoms with Gasteiger partial charge in [0.15, 0.2) is 12.2 Å². The molecule has 0 aliphatic carbocycles. The van der Waals surface area contributed by atoms with Gasteiger partial charge in [-0.15, -0.1) is 0 Å². The lowest BCUT2D eigenvalue weighted by molar-refractivity contribution is -0.161. The number of esters is 4. The van der Waals surface area contributed by atoms with E-state index in [4.69, 9.17) is 37.0 Å². The fourth-order valence-electron chi connectivity index (χ4n) is 13.4. The van der Waals surface area contributed by atoms with Crippen molar-refractivity contribution in [2.45, 2.75) is 472 Å². The largest absolute Gasteiger partial charge is 0.472 e. The van der Waals surface area contributed by atoms with Crippen molar-refractivity contribution < 1.29 is 80.2 Å². The Morgan fingerprint density at radius 2 is 0.453 bits per heavy atom. The first-order valence-electron chi connectivity index (χ1n) is 44.8. The molecule has 0 aromatic carbocycles. The van der Waals surface area contributed by atoms with E-state index >= 15 is 0 Å². The zero-order valence-corrected chi connectivity index (χ0v) is 71.9. The second-order valence-corrected chi connectivity index (χ2v) is 35.4. The van der Waals surface area contributed by atoms with Gasteiger partial charge in [0.05, 0.1) is 26.4 Å². The highest BCUT2D eigenvalue weighted by Gasteiger charge is 2.31. The molecule has 0 bridgehead atoms. The molecule has 0 saturated heterocycles. The third-order valence-electron chi connectivity index (χ3n) is 21.4. The molecule has 8 atom stereocenters. The normalized spacial score (nSPS) is 14.7. The van der Waals surface area contributed by atoms with Crippen molar-refractivity contribution in [1.82, 2.24) is 0 Å². The number of carbonyl (C=O) groups is 4. The summed E-state index contributed by atoms with van der Waals surface area (Å²) in [7, 11) is -9.93. The van der Waals surface area contributed by atoms with Gasteiger partial charge in [0.2, 0.25) is 0 Å². The van der Waals surface area contributed by atoms with Crippen LogP contribution in [0.5, 0.6) is 0 Å². The second-order valence-electron chi connectivity index (χ2n) is 32.5. The molecule has 17 nitrogen and oxygen atoms in total. The fraction of sp³-hybridized carbons (Fsp3) is 0.954. The van der Waals surface area contributed by atoms with Crippen molar-refractivity contribution in [3.63, 3.8) is 0 Å². The van der Waals surface area contributed by atoms with Crippen molar-refractivity contribution in [2.24, 2.45) is 23.7 Å². The Balaban J connectivity index is 5.14. The van der Waals surface area contributed by atoms with Crippen molar-refractivity contribution in [2.75, 3.05) is 39.6 Å². The molecule has 0 aliphatic heterocycles. The maximum absolute atomic E-state index is 13.1. The zero-order valence-electron chi connectivity index (χ0n) is 70.1. The van der Waals surface area contributed by atoms with Gasteiger partial charge < -0.3 is 33.8 Å². The van der Waals surface area contributed by atoms with Crippen molar-refractivity contribution in [3.05, 3.63) is 0 Å². The number of phosphoric ester groups is 2. The van der Waals surface area contributed by atoms with Crippen molar-refractivity contribution in [3.8, 4) is 0 Å². The van der Waals surface area contributed by atoms with Gasteiger partial charge in [0, 0.05) is 25.7 Å². The molecule has 6 unspecified atom stereocenters. The lowest BCUT2D eigenvalue weighted by atomic mass is 9.99. The van der Waals surface area contributed by atoms with Crippen LogP contribution in [0.1, 0.15) is 453 Å². The smallest absolute Gasteiger partial charge is 0.462 e. The first kappa shape index (κ1) is 104. The molecular weight excluding hydrogens is 1380 g/mol. The van der Waals surface area contributed by atoms with Crippen LogP contribution in [0.3, 0.4) is 0 Å². The number of hydrogen-bond donors (Lipinski definition) is 3. The van der Waals surface area contributed by atoms with E-state index in [0.29, 0.717) is 31.6 Å². The number of aliphatic hydroxyl groups excluding tert-OH is 1. The molecule has 0 aliphatic rings. The quantitative estimate of drug-likeness (QED) is 0.0222. The van der Waals surface area contributed by atoms with E-state index in [0.717, 1.165) is 114 Å². The summed E-state index contributed by atoms with van der Waals surface area (Å²) in [6.07, 6.45) is 65.4. The van der Waals surface area contributed by atoms with Crippen LogP contribution in [-0.2, 0) is 65.4 Å². The van der Waals surface area contributed by atoms with Crippen LogP contribution < -0.4 is 0 Å². The van der Waals surface area contributed by atoms with Gasteiger partial charge in [0.25, 0.3) is 0 Å². The first-order chi connectivity index (χ1) is 51.2. The minimum atomic E-state index is -4.96. The van der Waals surface area contributed by atoms with Gasteiger partial charge in [-0.25, -0.2) is 9.13 Å². The lowest BCUT2D eigenvalue weighted by Gasteiger charge is -2.21. The fourth-order valence-corrected chi connectivity index (χ4v) is 15.0. The highest BCUT2D eigenvalue weighted by atomic mass is 31.2. The predicted octanol–water partition coefficient (Wildman–Crippen LogP) is 26.3. The molecule has 0 amide bonds. The number of ether oxygens (including phenoxy) is 4. The second kappa shape index (κ2) is 75.7. The predicted molar refractivity (Wildman–Crippen MR) is 437 cm³/mol. The summed E-state index contributed by atoms with van der Waals surface area (Å²) in [4.78, 5) is 73.2. The van der Waals surface area contributed by atoms with Crippen molar-refractivity contribution >= 4 is 39.5 Å². The van der Waals surface area contributed by atoms with Gasteiger partial charge in [0.1, 0.15) is 19.3 Å². The number of phosphoric acid groups is 2. The number of rotatable bonds is 84. The third kappa shape index (κ3) is 76.1. The Morgan fingerprint density at radius 3 is 0.670 bits per heavy atom. The van der Waals surface area contributed by atoms with Gasteiger partial charge >= 0.3 is 39.5 Å². The average Bonchev–Trinajstić information content (AvgIpc) is 0.904. The van der Waals surface area contributed by atoms with E-state index in [1.54, 1.807) is 0 Å². The average molecular weight is 1550 g/mol. The Labute approximate surface area is 651 Å². The van der Waals surface area contributed by atoms with E-state index in [1.165, 1.54) is 250 Å². The summed E-state index contributed by atoms with van der Waals surface area (Å²) in [6, 6.07) is 0. The van der Waals surface area contributed by atoms with Crippen molar-refractivity contribution in [1.29, 1.82) is 0 Å². The van der Waals surface area contributed by atoms with E-state index < -0.39 is 97.5 Å². The Kier molecular flexibility index (Phi) is 74.3. The van der Waals surface area contributed by atoms with Crippen LogP contribution >= 0.6 is 15.6 Å². The van der Waals surface area contributed by atoms with Crippen LogP contribution in [0.15, 0.2) is 0 Å². The molecule has 0 saturated carbocycles. The molecule has 0 rings (SSSR count). The minimum absolute atomic E-state index is 0.105. The molecule has 19 heteroatoms. The number of hydrogen-bond acceptors (Lipinski definition) is 15. The summed E-state index contributed by atoms with van der Waals surface area (Å²) in [5.74, 6) is 1.11. The van der Waals surface area contributed by atoms with Crippen LogP contribution in [0, 0.1) is 23.7 Å². The van der Waals surface area contributed by atoms with Gasteiger partial charge in [-0.2, -0.15) is 0 Å².